The highest BCUT2D eigenvalue weighted by atomic mass is 35.5. The van der Waals surface area contributed by atoms with Crippen molar-refractivity contribution in [3.8, 4) is 0 Å². The van der Waals surface area contributed by atoms with Crippen LogP contribution >= 0.6 is 11.6 Å². The Morgan fingerprint density at radius 1 is 1.33 bits per heavy atom. The Hall–Kier alpha value is -0.320. The van der Waals surface area contributed by atoms with Gasteiger partial charge in [-0.15, -0.1) is 11.6 Å². The van der Waals surface area contributed by atoms with E-state index in [0.717, 1.165) is 0 Å². The Balaban J connectivity index is 3.47. The van der Waals surface area contributed by atoms with Crippen LogP contribution in [0.3, 0.4) is 0 Å². The molecule has 0 aromatic rings. The summed E-state index contributed by atoms with van der Waals surface area (Å²) in [5, 5.41) is 2.76. The summed E-state index contributed by atoms with van der Waals surface area (Å²) in [5.74, 6) is 0.261. The molecule has 0 radical (unpaired) electrons. The Morgan fingerprint density at radius 3 is 2.53 bits per heavy atom. The Kier molecular flexibility index (Phi) is 7.74. The van der Waals surface area contributed by atoms with Crippen molar-refractivity contribution >= 4 is 17.5 Å². The van der Waals surface area contributed by atoms with Gasteiger partial charge in [-0.2, -0.15) is 0 Å². The monoisotopic (exact) mass is 237 g/mol. The minimum absolute atomic E-state index is 0.0483. The van der Waals surface area contributed by atoms with Crippen LogP contribution in [0.2, 0.25) is 0 Å². The Labute approximate surface area is 96.3 Å². The fourth-order valence-electron chi connectivity index (χ4n) is 0.781. The number of carbonyl (C=O) groups is 1. The van der Waals surface area contributed by atoms with Crippen LogP contribution < -0.4 is 5.32 Å². The summed E-state index contributed by atoms with van der Waals surface area (Å²) in [4.78, 5) is 11.5. The van der Waals surface area contributed by atoms with E-state index in [0.29, 0.717) is 32.2 Å². The number of hydrogen-bond acceptors (Lipinski definition) is 3. The first-order chi connectivity index (χ1) is 7.04. The number of rotatable bonds is 8. The molecule has 0 saturated heterocycles. The largest absolute Gasteiger partial charge is 0.382 e. The Morgan fingerprint density at radius 2 is 2.00 bits per heavy atom. The van der Waals surface area contributed by atoms with Gasteiger partial charge < -0.3 is 14.8 Å². The summed E-state index contributed by atoms with van der Waals surface area (Å²) in [5.41, 5.74) is -0.520. The number of carbonyl (C=O) groups excluding carboxylic acids is 1. The highest BCUT2D eigenvalue weighted by molar-refractivity contribution is 6.19. The van der Waals surface area contributed by atoms with E-state index in [1.165, 1.54) is 0 Å². The van der Waals surface area contributed by atoms with Gasteiger partial charge in [0.2, 0.25) is 5.91 Å². The van der Waals surface area contributed by atoms with Gasteiger partial charge in [-0.1, -0.05) is 0 Å². The highest BCUT2D eigenvalue weighted by Crippen LogP contribution is 2.16. The van der Waals surface area contributed by atoms with Crippen molar-refractivity contribution in [3.63, 3.8) is 0 Å². The molecule has 15 heavy (non-hydrogen) atoms. The maximum atomic E-state index is 11.5. The predicted octanol–water partition coefficient (Wildman–Crippen LogP) is 1.03. The van der Waals surface area contributed by atoms with Crippen LogP contribution in [0.25, 0.3) is 0 Å². The summed E-state index contributed by atoms with van der Waals surface area (Å²) >= 11 is 5.66. The first kappa shape index (κ1) is 14.7. The third-order valence-electron chi connectivity index (χ3n) is 1.91. The lowest BCUT2D eigenvalue weighted by atomic mass is 9.95. The fraction of sp³-hybridized carbons (Fsp3) is 0.900. The number of nitrogens with one attached hydrogen (secondary N) is 1. The second-order valence-corrected chi connectivity index (χ2v) is 4.15. The van der Waals surface area contributed by atoms with Crippen molar-refractivity contribution < 1.29 is 14.3 Å². The molecule has 0 fully saturated rings. The zero-order valence-corrected chi connectivity index (χ0v) is 10.4. The molecule has 0 rings (SSSR count). The smallest absolute Gasteiger partial charge is 0.226 e. The van der Waals surface area contributed by atoms with Crippen LogP contribution in [0.5, 0.6) is 0 Å². The van der Waals surface area contributed by atoms with Crippen LogP contribution in [0.1, 0.15) is 13.8 Å². The predicted molar refractivity (Wildman–Crippen MR) is 60.2 cm³/mol. The number of ether oxygens (including phenoxy) is 2. The van der Waals surface area contributed by atoms with Crippen molar-refractivity contribution in [2.45, 2.75) is 13.8 Å². The van der Waals surface area contributed by atoms with E-state index in [2.05, 4.69) is 5.32 Å². The van der Waals surface area contributed by atoms with Crippen molar-refractivity contribution in [2.75, 3.05) is 39.4 Å². The van der Waals surface area contributed by atoms with Gasteiger partial charge in [0, 0.05) is 19.5 Å². The van der Waals surface area contributed by atoms with Crippen molar-refractivity contribution in [1.29, 1.82) is 0 Å². The highest BCUT2D eigenvalue weighted by Gasteiger charge is 2.25. The molecular formula is C10H20ClNO3. The topological polar surface area (TPSA) is 47.6 Å². The number of amides is 1. The second kappa shape index (κ2) is 7.91. The second-order valence-electron chi connectivity index (χ2n) is 3.88. The van der Waals surface area contributed by atoms with Gasteiger partial charge in [0.15, 0.2) is 0 Å². The molecule has 1 N–H and O–H groups in total. The third kappa shape index (κ3) is 6.71. The molecule has 0 aliphatic carbocycles. The molecule has 0 aromatic heterocycles. The van der Waals surface area contributed by atoms with E-state index in [-0.39, 0.29) is 5.91 Å². The lowest BCUT2D eigenvalue weighted by molar-refractivity contribution is -0.128. The fourth-order valence-corrected chi connectivity index (χ4v) is 0.902. The van der Waals surface area contributed by atoms with E-state index in [1.807, 2.05) is 0 Å². The molecule has 0 heterocycles. The molecule has 0 atom stereocenters. The van der Waals surface area contributed by atoms with Crippen molar-refractivity contribution in [1.82, 2.24) is 5.32 Å². The molecule has 0 bridgehead atoms. The van der Waals surface area contributed by atoms with Gasteiger partial charge in [-0.3, -0.25) is 4.79 Å². The molecule has 5 heteroatoms. The van der Waals surface area contributed by atoms with E-state index >= 15 is 0 Å². The minimum atomic E-state index is -0.520. The summed E-state index contributed by atoms with van der Waals surface area (Å²) < 4.78 is 10.0. The summed E-state index contributed by atoms with van der Waals surface area (Å²) in [6.45, 7) is 5.73. The Bertz CT molecular complexity index is 186. The maximum Gasteiger partial charge on any atom is 0.226 e. The quantitative estimate of drug-likeness (QED) is 0.507. The molecule has 1 amide bonds. The number of alkyl halides is 1. The van der Waals surface area contributed by atoms with E-state index in [9.17, 15) is 4.79 Å². The van der Waals surface area contributed by atoms with E-state index in [1.54, 1.807) is 21.0 Å². The lowest BCUT2D eigenvalue weighted by Gasteiger charge is -2.20. The van der Waals surface area contributed by atoms with Crippen LogP contribution in [-0.4, -0.2) is 45.3 Å². The number of halogens is 1. The average Bonchev–Trinajstić information content (AvgIpc) is 2.22. The van der Waals surface area contributed by atoms with Crippen LogP contribution in [0, 0.1) is 5.41 Å². The van der Waals surface area contributed by atoms with Crippen molar-refractivity contribution in [3.05, 3.63) is 0 Å². The van der Waals surface area contributed by atoms with E-state index < -0.39 is 5.41 Å². The molecule has 0 aliphatic heterocycles. The molecule has 90 valence electrons. The molecule has 0 saturated carbocycles. The molecule has 0 aliphatic rings. The van der Waals surface area contributed by atoms with E-state index in [4.69, 9.17) is 21.1 Å². The van der Waals surface area contributed by atoms with Gasteiger partial charge in [0.05, 0.1) is 25.2 Å². The molecule has 0 unspecified atom stereocenters. The van der Waals surface area contributed by atoms with Crippen LogP contribution in [0.15, 0.2) is 0 Å². The summed E-state index contributed by atoms with van der Waals surface area (Å²) in [6, 6.07) is 0. The van der Waals surface area contributed by atoms with Crippen molar-refractivity contribution in [2.24, 2.45) is 5.41 Å². The summed E-state index contributed by atoms with van der Waals surface area (Å²) in [7, 11) is 1.62. The first-order valence-electron chi connectivity index (χ1n) is 4.95. The summed E-state index contributed by atoms with van der Waals surface area (Å²) in [6.07, 6.45) is 0. The zero-order chi connectivity index (χ0) is 11.7. The van der Waals surface area contributed by atoms with Gasteiger partial charge in [0.25, 0.3) is 0 Å². The molecular weight excluding hydrogens is 218 g/mol. The minimum Gasteiger partial charge on any atom is -0.382 e. The average molecular weight is 238 g/mol. The maximum absolute atomic E-state index is 11.5. The number of methoxy groups -OCH3 is 1. The normalized spacial score (nSPS) is 11.5. The van der Waals surface area contributed by atoms with Gasteiger partial charge >= 0.3 is 0 Å². The zero-order valence-electron chi connectivity index (χ0n) is 9.64. The first-order valence-corrected chi connectivity index (χ1v) is 5.49. The van der Waals surface area contributed by atoms with Crippen LogP contribution in [0.4, 0.5) is 0 Å². The molecule has 0 spiro atoms. The molecule has 0 aromatic carbocycles. The van der Waals surface area contributed by atoms with Gasteiger partial charge in [-0.25, -0.2) is 0 Å². The standard InChI is InChI=1S/C10H20ClNO3/c1-10(2,8-11)9(13)12-4-5-15-7-6-14-3/h4-8H2,1-3H3,(H,12,13). The number of hydrogen-bond donors (Lipinski definition) is 1. The van der Waals surface area contributed by atoms with Gasteiger partial charge in [-0.05, 0) is 13.8 Å². The molecule has 4 nitrogen and oxygen atoms in total. The lowest BCUT2D eigenvalue weighted by Crippen LogP contribution is -2.39. The SMILES string of the molecule is COCCOCCNC(=O)C(C)(C)CCl. The third-order valence-corrected chi connectivity index (χ3v) is 2.58. The van der Waals surface area contributed by atoms with Gasteiger partial charge in [0.1, 0.15) is 0 Å². The van der Waals surface area contributed by atoms with Crippen LogP contribution in [-0.2, 0) is 14.3 Å².